The summed E-state index contributed by atoms with van der Waals surface area (Å²) in [4.78, 5) is 0. The van der Waals surface area contributed by atoms with Crippen molar-refractivity contribution in [2.45, 2.75) is 0 Å². The molecule has 4 heteroatoms. The third-order valence-electron chi connectivity index (χ3n) is 1.47. The zero-order valence-electron chi connectivity index (χ0n) is 5.78. The van der Waals surface area contributed by atoms with Gasteiger partial charge in [0.1, 0.15) is 0 Å². The number of hydrogen-bond donors (Lipinski definition) is 2. The fraction of sp³-hybridized carbons (Fsp3) is 0. The van der Waals surface area contributed by atoms with Crippen LogP contribution in [0, 0.1) is 0 Å². The van der Waals surface area contributed by atoms with Crippen molar-refractivity contribution in [2.75, 3.05) is 0 Å². The summed E-state index contributed by atoms with van der Waals surface area (Å²) < 4.78 is 0. The maximum Gasteiger partial charge on any atom is 0.488 e. The molecule has 52 valence electrons. The Morgan fingerprint density at radius 3 is 2.20 bits per heavy atom. The first-order chi connectivity index (χ1) is 4.72. The SMILES string of the molecule is OB(O)c1ccccc1[SiH3]. The van der Waals surface area contributed by atoms with E-state index in [4.69, 9.17) is 10.0 Å². The van der Waals surface area contributed by atoms with Crippen molar-refractivity contribution in [2.24, 2.45) is 0 Å². The van der Waals surface area contributed by atoms with E-state index in [0.29, 0.717) is 5.46 Å². The molecule has 0 heterocycles. The molecule has 1 rings (SSSR count). The zero-order valence-corrected chi connectivity index (χ0v) is 7.78. The summed E-state index contributed by atoms with van der Waals surface area (Å²) in [5.74, 6) is 0. The standard InChI is InChI=1S/C6H9BO2Si/c8-7(9)5-3-1-2-4-6(5)10/h1-4,8-9H,10H3. The summed E-state index contributed by atoms with van der Waals surface area (Å²) in [5.41, 5.74) is 0.633. The van der Waals surface area contributed by atoms with Crippen LogP contribution in [0.5, 0.6) is 0 Å². The summed E-state index contributed by atoms with van der Waals surface area (Å²) in [7, 11) is -0.458. The topological polar surface area (TPSA) is 40.5 Å². The summed E-state index contributed by atoms with van der Waals surface area (Å²) >= 11 is 0. The molecule has 2 N–H and O–H groups in total. The Labute approximate surface area is 63.1 Å². The number of hydrogen-bond acceptors (Lipinski definition) is 2. The third kappa shape index (κ3) is 1.47. The van der Waals surface area contributed by atoms with Crippen LogP contribution in [0.2, 0.25) is 0 Å². The maximum absolute atomic E-state index is 8.78. The Hall–Kier alpha value is -0.578. The quantitative estimate of drug-likeness (QED) is 0.432. The molecule has 1 aromatic carbocycles. The van der Waals surface area contributed by atoms with Gasteiger partial charge in [0.15, 0.2) is 0 Å². The highest BCUT2D eigenvalue weighted by Gasteiger charge is 2.11. The minimum absolute atomic E-state index is 0.633. The molecule has 0 radical (unpaired) electrons. The van der Waals surface area contributed by atoms with Crippen LogP contribution in [-0.4, -0.2) is 27.4 Å². The molecule has 0 aromatic heterocycles. The van der Waals surface area contributed by atoms with Gasteiger partial charge in [-0.1, -0.05) is 29.5 Å². The van der Waals surface area contributed by atoms with Gasteiger partial charge in [-0.2, -0.15) is 0 Å². The molecular weight excluding hydrogens is 143 g/mol. The van der Waals surface area contributed by atoms with Crippen LogP contribution >= 0.6 is 0 Å². The van der Waals surface area contributed by atoms with Crippen LogP contribution in [0.25, 0.3) is 0 Å². The lowest BCUT2D eigenvalue weighted by atomic mass is 9.80. The minimum atomic E-state index is -1.31. The number of benzene rings is 1. The Balaban J connectivity index is 3.03. The van der Waals surface area contributed by atoms with Crippen molar-refractivity contribution in [1.29, 1.82) is 0 Å². The van der Waals surface area contributed by atoms with Gasteiger partial charge >= 0.3 is 7.12 Å². The van der Waals surface area contributed by atoms with E-state index in [-0.39, 0.29) is 0 Å². The Morgan fingerprint density at radius 1 is 1.20 bits per heavy atom. The molecule has 0 aliphatic carbocycles. The molecule has 0 bridgehead atoms. The van der Waals surface area contributed by atoms with E-state index >= 15 is 0 Å². The van der Waals surface area contributed by atoms with Crippen LogP contribution in [0.4, 0.5) is 0 Å². The normalized spacial score (nSPS) is 9.80. The summed E-state index contributed by atoms with van der Waals surface area (Å²) in [6.07, 6.45) is 0. The van der Waals surface area contributed by atoms with Gasteiger partial charge in [-0.15, -0.1) is 0 Å². The summed E-state index contributed by atoms with van der Waals surface area (Å²) in [5, 5.41) is 18.6. The molecule has 0 aliphatic heterocycles. The molecule has 0 spiro atoms. The van der Waals surface area contributed by atoms with Crippen molar-refractivity contribution < 1.29 is 10.0 Å². The fourth-order valence-corrected chi connectivity index (χ4v) is 1.49. The second-order valence-electron chi connectivity index (χ2n) is 2.23. The van der Waals surface area contributed by atoms with Crippen molar-refractivity contribution >= 4 is 28.0 Å². The van der Waals surface area contributed by atoms with Crippen LogP contribution in [0.3, 0.4) is 0 Å². The summed E-state index contributed by atoms with van der Waals surface area (Å²) in [6, 6.07) is 7.33. The smallest absolute Gasteiger partial charge is 0.423 e. The second-order valence-corrected chi connectivity index (χ2v) is 3.31. The lowest BCUT2D eigenvalue weighted by molar-refractivity contribution is 0.426. The van der Waals surface area contributed by atoms with E-state index in [1.54, 1.807) is 12.1 Å². The van der Waals surface area contributed by atoms with Gasteiger partial charge in [0, 0.05) is 10.2 Å². The Bertz CT molecular complexity index is 227. The van der Waals surface area contributed by atoms with Crippen LogP contribution in [-0.2, 0) is 0 Å². The highest BCUT2D eigenvalue weighted by Crippen LogP contribution is 1.79. The predicted molar refractivity (Wildman–Crippen MR) is 45.8 cm³/mol. The van der Waals surface area contributed by atoms with Crippen molar-refractivity contribution in [3.63, 3.8) is 0 Å². The van der Waals surface area contributed by atoms with Crippen LogP contribution in [0.15, 0.2) is 24.3 Å². The first kappa shape index (κ1) is 7.53. The van der Waals surface area contributed by atoms with Gasteiger partial charge in [0.05, 0.1) is 0 Å². The van der Waals surface area contributed by atoms with Gasteiger partial charge in [0.2, 0.25) is 0 Å². The predicted octanol–water partition coefficient (Wildman–Crippen LogP) is -2.64. The molecule has 0 saturated heterocycles. The van der Waals surface area contributed by atoms with Crippen molar-refractivity contribution in [3.05, 3.63) is 24.3 Å². The maximum atomic E-state index is 8.78. The number of rotatable bonds is 1. The van der Waals surface area contributed by atoms with E-state index in [1.165, 1.54) is 0 Å². The van der Waals surface area contributed by atoms with Gasteiger partial charge < -0.3 is 10.0 Å². The van der Waals surface area contributed by atoms with Crippen LogP contribution in [0.1, 0.15) is 0 Å². The van der Waals surface area contributed by atoms with Gasteiger partial charge in [-0.3, -0.25) is 0 Å². The van der Waals surface area contributed by atoms with Crippen LogP contribution < -0.4 is 10.6 Å². The molecule has 0 amide bonds. The lowest BCUT2D eigenvalue weighted by Crippen LogP contribution is -2.40. The van der Waals surface area contributed by atoms with E-state index in [1.807, 2.05) is 12.1 Å². The second kappa shape index (κ2) is 3.01. The molecular formula is C6H9BO2Si. The molecule has 0 aliphatic rings. The lowest BCUT2D eigenvalue weighted by Gasteiger charge is -2.01. The largest absolute Gasteiger partial charge is 0.488 e. The van der Waals surface area contributed by atoms with Gasteiger partial charge in [-0.05, 0) is 5.46 Å². The average molecular weight is 152 g/mol. The highest BCUT2D eigenvalue weighted by atomic mass is 28.1. The third-order valence-corrected chi connectivity index (χ3v) is 2.38. The van der Waals surface area contributed by atoms with Gasteiger partial charge in [-0.25, -0.2) is 0 Å². The minimum Gasteiger partial charge on any atom is -0.423 e. The van der Waals surface area contributed by atoms with E-state index in [0.717, 1.165) is 15.4 Å². The summed E-state index contributed by atoms with van der Waals surface area (Å²) in [6.45, 7) is 0. The van der Waals surface area contributed by atoms with Crippen molar-refractivity contribution in [3.8, 4) is 0 Å². The van der Waals surface area contributed by atoms with E-state index in [9.17, 15) is 0 Å². The van der Waals surface area contributed by atoms with Gasteiger partial charge in [0.25, 0.3) is 0 Å². The fourth-order valence-electron chi connectivity index (χ4n) is 0.876. The first-order valence-electron chi connectivity index (χ1n) is 3.13. The molecule has 1 aromatic rings. The average Bonchev–Trinajstić information content (AvgIpc) is 1.88. The highest BCUT2D eigenvalue weighted by molar-refractivity contribution is 6.64. The molecule has 0 atom stereocenters. The first-order valence-corrected chi connectivity index (χ1v) is 4.13. The molecule has 10 heavy (non-hydrogen) atoms. The zero-order chi connectivity index (χ0) is 7.56. The Kier molecular flexibility index (Phi) is 2.26. The van der Waals surface area contributed by atoms with E-state index < -0.39 is 7.12 Å². The monoisotopic (exact) mass is 152 g/mol. The molecule has 0 fully saturated rings. The molecule has 2 nitrogen and oxygen atoms in total. The molecule has 0 saturated carbocycles. The van der Waals surface area contributed by atoms with E-state index in [2.05, 4.69) is 0 Å². The Morgan fingerprint density at radius 2 is 1.80 bits per heavy atom. The van der Waals surface area contributed by atoms with Crippen molar-refractivity contribution in [1.82, 2.24) is 0 Å². The molecule has 0 unspecified atom stereocenters.